The fraction of sp³-hybridized carbons (Fsp3) is 0.188. The van der Waals surface area contributed by atoms with Crippen LogP contribution in [0.25, 0.3) is 0 Å². The van der Waals surface area contributed by atoms with Crippen molar-refractivity contribution in [2.75, 3.05) is 11.4 Å². The van der Waals surface area contributed by atoms with Crippen LogP contribution in [0.5, 0.6) is 11.5 Å². The number of hydrogen-bond acceptors (Lipinski definition) is 2. The summed E-state index contributed by atoms with van der Waals surface area (Å²) in [5.41, 5.74) is 1.79. The molecule has 0 saturated carbocycles. The first kappa shape index (κ1) is 12.5. The molecule has 0 aliphatic carbocycles. The van der Waals surface area contributed by atoms with Crippen molar-refractivity contribution >= 4 is 11.8 Å². The van der Waals surface area contributed by atoms with E-state index in [2.05, 4.69) is 0 Å². The first-order chi connectivity index (χ1) is 9.74. The molecule has 0 fully saturated rings. The van der Waals surface area contributed by atoms with Crippen molar-refractivity contribution in [3.8, 4) is 11.5 Å². The van der Waals surface area contributed by atoms with Gasteiger partial charge in [-0.05, 0) is 36.6 Å². The van der Waals surface area contributed by atoms with Crippen molar-refractivity contribution in [1.82, 2.24) is 0 Å². The average Bonchev–Trinajstić information content (AvgIpc) is 2.47. The van der Waals surface area contributed by atoms with Gasteiger partial charge in [0.05, 0.1) is 5.69 Å². The second-order valence-corrected chi connectivity index (χ2v) is 4.74. The molecule has 1 aliphatic heterocycles. The zero-order chi connectivity index (χ0) is 13.9. The number of fused-ring (bicyclic) bond motifs is 1. The molecule has 2 aromatic carbocycles. The quantitative estimate of drug-likeness (QED) is 0.899. The Bertz CT molecular complexity index is 625. The Hall–Kier alpha value is -2.49. The molecule has 0 spiro atoms. The molecule has 0 radical (unpaired) electrons. The van der Waals surface area contributed by atoms with E-state index in [4.69, 9.17) is 4.74 Å². The van der Waals surface area contributed by atoms with Gasteiger partial charge in [0.1, 0.15) is 11.5 Å². The Balaban J connectivity index is 1.91. The van der Waals surface area contributed by atoms with Gasteiger partial charge in [-0.1, -0.05) is 24.3 Å². The number of anilines is 1. The highest BCUT2D eigenvalue weighted by Gasteiger charge is 2.22. The van der Waals surface area contributed by atoms with Crippen molar-refractivity contribution in [2.45, 2.75) is 12.8 Å². The second kappa shape index (κ2) is 5.25. The molecule has 1 N–H and O–H groups in total. The van der Waals surface area contributed by atoms with E-state index in [1.807, 2.05) is 42.5 Å². The molecule has 0 bridgehead atoms. The van der Waals surface area contributed by atoms with Crippen LogP contribution in [0.15, 0.2) is 48.5 Å². The highest BCUT2D eigenvalue weighted by molar-refractivity contribution is 5.88. The summed E-state index contributed by atoms with van der Waals surface area (Å²) in [6.07, 6.45) is 0.853. The molecule has 20 heavy (non-hydrogen) atoms. The van der Waals surface area contributed by atoms with Crippen molar-refractivity contribution in [3.63, 3.8) is 0 Å². The fourth-order valence-corrected chi connectivity index (χ4v) is 2.44. The third kappa shape index (κ3) is 2.45. The standard InChI is InChI=1S/C16H15NO3/c18-16(19)17-10-4-5-12-8-9-14(11-15(12)17)20-13-6-2-1-3-7-13/h1-3,6-9,11H,4-5,10H2,(H,18,19). The molecule has 0 unspecified atom stereocenters. The van der Waals surface area contributed by atoms with Crippen molar-refractivity contribution < 1.29 is 14.6 Å². The number of rotatable bonds is 2. The Morgan fingerprint density at radius 2 is 1.90 bits per heavy atom. The summed E-state index contributed by atoms with van der Waals surface area (Å²) in [7, 11) is 0. The Kier molecular flexibility index (Phi) is 3.29. The molecule has 1 amide bonds. The minimum absolute atomic E-state index is 0.539. The molecule has 0 aromatic heterocycles. The molecule has 4 heteroatoms. The summed E-state index contributed by atoms with van der Waals surface area (Å²) in [5.74, 6) is 1.40. The van der Waals surface area contributed by atoms with E-state index in [9.17, 15) is 9.90 Å². The van der Waals surface area contributed by atoms with Crippen LogP contribution in [0.1, 0.15) is 12.0 Å². The summed E-state index contributed by atoms with van der Waals surface area (Å²) in [5, 5.41) is 9.25. The monoisotopic (exact) mass is 269 g/mol. The molecule has 102 valence electrons. The second-order valence-electron chi connectivity index (χ2n) is 4.74. The largest absolute Gasteiger partial charge is 0.465 e. The fourth-order valence-electron chi connectivity index (χ4n) is 2.44. The summed E-state index contributed by atoms with van der Waals surface area (Å²) < 4.78 is 5.75. The summed E-state index contributed by atoms with van der Waals surface area (Å²) in [6, 6.07) is 15.1. The van der Waals surface area contributed by atoms with Crippen molar-refractivity contribution in [3.05, 3.63) is 54.1 Å². The van der Waals surface area contributed by atoms with E-state index in [0.717, 1.165) is 29.8 Å². The minimum Gasteiger partial charge on any atom is -0.465 e. The molecule has 3 rings (SSSR count). The maximum atomic E-state index is 11.3. The lowest BCUT2D eigenvalue weighted by atomic mass is 10.0. The normalized spacial score (nSPS) is 13.7. The van der Waals surface area contributed by atoms with E-state index < -0.39 is 6.09 Å². The molecule has 4 nitrogen and oxygen atoms in total. The molecule has 0 atom stereocenters. The lowest BCUT2D eigenvalue weighted by Crippen LogP contribution is -2.34. The molecular formula is C16H15NO3. The van der Waals surface area contributed by atoms with Gasteiger partial charge in [-0.3, -0.25) is 4.90 Å². The van der Waals surface area contributed by atoms with Crippen molar-refractivity contribution in [1.29, 1.82) is 0 Å². The Morgan fingerprint density at radius 3 is 2.65 bits per heavy atom. The van der Waals surface area contributed by atoms with E-state index >= 15 is 0 Å². The SMILES string of the molecule is O=C(O)N1CCCc2ccc(Oc3ccccc3)cc21. The minimum atomic E-state index is -0.914. The van der Waals surface area contributed by atoms with Gasteiger partial charge >= 0.3 is 6.09 Å². The number of ether oxygens (including phenoxy) is 1. The molecule has 2 aromatic rings. The maximum Gasteiger partial charge on any atom is 0.411 e. The van der Waals surface area contributed by atoms with Crippen LogP contribution >= 0.6 is 0 Å². The topological polar surface area (TPSA) is 49.8 Å². The van der Waals surface area contributed by atoms with E-state index in [1.165, 1.54) is 4.90 Å². The van der Waals surface area contributed by atoms with Crippen molar-refractivity contribution in [2.24, 2.45) is 0 Å². The zero-order valence-corrected chi connectivity index (χ0v) is 11.0. The average molecular weight is 269 g/mol. The first-order valence-corrected chi connectivity index (χ1v) is 6.60. The number of nitrogens with zero attached hydrogens (tertiary/aromatic N) is 1. The summed E-state index contributed by atoms with van der Waals surface area (Å²) in [6.45, 7) is 0.539. The van der Waals surface area contributed by atoms with E-state index in [-0.39, 0.29) is 0 Å². The number of benzene rings is 2. The number of carboxylic acid groups (broad SMARTS) is 1. The molecule has 0 saturated heterocycles. The third-order valence-corrected chi connectivity index (χ3v) is 3.39. The van der Waals surface area contributed by atoms with Gasteiger partial charge in [-0.15, -0.1) is 0 Å². The van der Waals surface area contributed by atoms with Crippen LogP contribution < -0.4 is 9.64 Å². The number of para-hydroxylation sites is 1. The number of hydrogen-bond donors (Lipinski definition) is 1. The van der Waals surface area contributed by atoms with Crippen LogP contribution in [0.4, 0.5) is 10.5 Å². The van der Waals surface area contributed by atoms with E-state index in [0.29, 0.717) is 12.3 Å². The highest BCUT2D eigenvalue weighted by atomic mass is 16.5. The third-order valence-electron chi connectivity index (χ3n) is 3.39. The van der Waals surface area contributed by atoms with Gasteiger partial charge < -0.3 is 9.84 Å². The van der Waals surface area contributed by atoms with Crippen LogP contribution in [-0.4, -0.2) is 17.7 Å². The Morgan fingerprint density at radius 1 is 1.10 bits per heavy atom. The smallest absolute Gasteiger partial charge is 0.411 e. The summed E-state index contributed by atoms with van der Waals surface area (Å²) in [4.78, 5) is 12.7. The van der Waals surface area contributed by atoms with Crippen LogP contribution in [0.3, 0.4) is 0 Å². The number of amides is 1. The molecule has 1 aliphatic rings. The number of carbonyl (C=O) groups is 1. The number of aryl methyl sites for hydroxylation is 1. The lowest BCUT2D eigenvalue weighted by molar-refractivity contribution is 0.201. The van der Waals surface area contributed by atoms with Gasteiger partial charge in [0.25, 0.3) is 0 Å². The molecular weight excluding hydrogens is 254 g/mol. The van der Waals surface area contributed by atoms with Gasteiger partial charge in [0.2, 0.25) is 0 Å². The Labute approximate surface area is 117 Å². The maximum absolute atomic E-state index is 11.3. The van der Waals surface area contributed by atoms with Crippen LogP contribution in [0.2, 0.25) is 0 Å². The summed E-state index contributed by atoms with van der Waals surface area (Å²) >= 11 is 0. The molecule has 1 heterocycles. The lowest BCUT2D eigenvalue weighted by Gasteiger charge is -2.27. The van der Waals surface area contributed by atoms with E-state index in [1.54, 1.807) is 6.07 Å². The van der Waals surface area contributed by atoms with Gasteiger partial charge in [-0.2, -0.15) is 0 Å². The van der Waals surface area contributed by atoms with Crippen LogP contribution in [0, 0.1) is 0 Å². The van der Waals surface area contributed by atoms with Gasteiger partial charge in [0, 0.05) is 12.6 Å². The predicted molar refractivity (Wildman–Crippen MR) is 76.6 cm³/mol. The zero-order valence-electron chi connectivity index (χ0n) is 11.0. The van der Waals surface area contributed by atoms with Gasteiger partial charge in [-0.25, -0.2) is 4.79 Å². The van der Waals surface area contributed by atoms with Crippen LogP contribution in [-0.2, 0) is 6.42 Å². The first-order valence-electron chi connectivity index (χ1n) is 6.60. The highest BCUT2D eigenvalue weighted by Crippen LogP contribution is 2.32. The van der Waals surface area contributed by atoms with Gasteiger partial charge in [0.15, 0.2) is 0 Å². The predicted octanol–water partition coefficient (Wildman–Crippen LogP) is 3.91.